The van der Waals surface area contributed by atoms with Crippen LogP contribution >= 0.6 is 0 Å². The van der Waals surface area contributed by atoms with E-state index in [4.69, 9.17) is 5.11 Å². The molecule has 1 aliphatic rings. The van der Waals surface area contributed by atoms with E-state index in [1.165, 1.54) is 0 Å². The quantitative estimate of drug-likeness (QED) is 0.750. The van der Waals surface area contributed by atoms with E-state index in [-0.39, 0.29) is 11.8 Å². The Morgan fingerprint density at radius 1 is 1.30 bits per heavy atom. The molecule has 0 saturated heterocycles. The summed E-state index contributed by atoms with van der Waals surface area (Å²) >= 11 is 0. The van der Waals surface area contributed by atoms with Gasteiger partial charge in [0, 0.05) is 17.8 Å². The Morgan fingerprint density at radius 2 is 2.05 bits per heavy atom. The Morgan fingerprint density at radius 3 is 2.65 bits per heavy atom. The van der Waals surface area contributed by atoms with Gasteiger partial charge in [-0.25, -0.2) is 0 Å². The van der Waals surface area contributed by atoms with E-state index in [9.17, 15) is 14.4 Å². The summed E-state index contributed by atoms with van der Waals surface area (Å²) in [7, 11) is 0. The molecule has 1 saturated carbocycles. The van der Waals surface area contributed by atoms with Gasteiger partial charge < -0.3 is 15.7 Å². The van der Waals surface area contributed by atoms with Crippen molar-refractivity contribution in [2.45, 2.75) is 13.3 Å². The molecule has 0 heterocycles. The van der Waals surface area contributed by atoms with E-state index in [1.54, 1.807) is 24.3 Å². The predicted molar refractivity (Wildman–Crippen MR) is 72.3 cm³/mol. The molecule has 0 radical (unpaired) electrons. The van der Waals surface area contributed by atoms with Gasteiger partial charge in [0.05, 0.1) is 11.8 Å². The molecule has 0 aliphatic heterocycles. The predicted octanol–water partition coefficient (Wildman–Crippen LogP) is 1.10. The van der Waals surface area contributed by atoms with E-state index >= 15 is 0 Å². The van der Waals surface area contributed by atoms with E-state index in [1.807, 2.05) is 6.92 Å². The molecular formula is C14H16N2O4. The number of carbonyl (C=O) groups is 3. The number of hydrogen-bond donors (Lipinski definition) is 3. The van der Waals surface area contributed by atoms with E-state index in [0.717, 1.165) is 0 Å². The zero-order valence-corrected chi connectivity index (χ0v) is 11.1. The molecule has 2 rings (SSSR count). The highest BCUT2D eigenvalue weighted by Crippen LogP contribution is 2.39. The molecule has 2 unspecified atom stereocenters. The van der Waals surface area contributed by atoms with Crippen LogP contribution in [0.5, 0.6) is 0 Å². The number of anilines is 1. The fourth-order valence-corrected chi connectivity index (χ4v) is 1.99. The highest BCUT2D eigenvalue weighted by Gasteiger charge is 2.48. The molecule has 0 aromatic heterocycles. The van der Waals surface area contributed by atoms with Gasteiger partial charge >= 0.3 is 5.97 Å². The highest BCUT2D eigenvalue weighted by atomic mass is 16.4. The van der Waals surface area contributed by atoms with Gasteiger partial charge in [0.1, 0.15) is 0 Å². The summed E-state index contributed by atoms with van der Waals surface area (Å²) in [5.41, 5.74) is 0.949. The molecule has 106 valence electrons. The van der Waals surface area contributed by atoms with Crippen molar-refractivity contribution in [3.05, 3.63) is 29.8 Å². The van der Waals surface area contributed by atoms with Gasteiger partial charge in [0.15, 0.2) is 0 Å². The van der Waals surface area contributed by atoms with Crippen molar-refractivity contribution in [2.24, 2.45) is 11.8 Å². The minimum Gasteiger partial charge on any atom is -0.481 e. The molecule has 6 nitrogen and oxygen atoms in total. The standard InChI is InChI=1S/C14H16N2O4/c1-2-15-12(17)8-4-3-5-9(6-8)16-13(18)10-7-11(10)14(19)20/h3-6,10-11H,2,7H2,1H3,(H,15,17)(H,16,18)(H,19,20). The summed E-state index contributed by atoms with van der Waals surface area (Å²) in [5, 5.41) is 14.1. The molecule has 2 atom stereocenters. The lowest BCUT2D eigenvalue weighted by Gasteiger charge is -2.07. The maximum absolute atomic E-state index is 11.8. The van der Waals surface area contributed by atoms with Gasteiger partial charge in [-0.15, -0.1) is 0 Å². The number of carbonyl (C=O) groups excluding carboxylic acids is 2. The first-order valence-electron chi connectivity index (χ1n) is 6.45. The highest BCUT2D eigenvalue weighted by molar-refractivity contribution is 6.00. The van der Waals surface area contributed by atoms with E-state index in [0.29, 0.717) is 24.2 Å². The second-order valence-corrected chi connectivity index (χ2v) is 4.72. The summed E-state index contributed by atoms with van der Waals surface area (Å²) in [6, 6.07) is 6.55. The number of carboxylic acids is 1. The molecule has 2 amide bonds. The zero-order chi connectivity index (χ0) is 14.7. The third-order valence-corrected chi connectivity index (χ3v) is 3.17. The summed E-state index contributed by atoms with van der Waals surface area (Å²) in [5.74, 6) is -2.52. The summed E-state index contributed by atoms with van der Waals surface area (Å²) in [4.78, 5) is 34.2. The Kier molecular flexibility index (Phi) is 4.02. The maximum Gasteiger partial charge on any atom is 0.307 e. The number of aliphatic carboxylic acids is 1. The summed E-state index contributed by atoms with van der Waals surface area (Å²) in [6.07, 6.45) is 0.372. The average Bonchev–Trinajstić information content (AvgIpc) is 3.19. The Bertz CT molecular complexity index is 556. The number of benzene rings is 1. The molecule has 6 heteroatoms. The first-order valence-corrected chi connectivity index (χ1v) is 6.45. The van der Waals surface area contributed by atoms with Crippen LogP contribution in [0.2, 0.25) is 0 Å². The van der Waals surface area contributed by atoms with Gasteiger partial charge in [-0.3, -0.25) is 14.4 Å². The molecule has 1 aliphatic carbocycles. The lowest BCUT2D eigenvalue weighted by molar-refractivity contribution is -0.139. The molecular weight excluding hydrogens is 260 g/mol. The minimum atomic E-state index is -0.943. The summed E-state index contributed by atoms with van der Waals surface area (Å²) < 4.78 is 0. The van der Waals surface area contributed by atoms with Crippen molar-refractivity contribution >= 4 is 23.5 Å². The van der Waals surface area contributed by atoms with Crippen LogP contribution in [0.3, 0.4) is 0 Å². The topological polar surface area (TPSA) is 95.5 Å². The lowest BCUT2D eigenvalue weighted by Crippen LogP contribution is -2.23. The largest absolute Gasteiger partial charge is 0.481 e. The smallest absolute Gasteiger partial charge is 0.307 e. The van der Waals surface area contributed by atoms with Crippen LogP contribution in [0.15, 0.2) is 24.3 Å². The lowest BCUT2D eigenvalue weighted by atomic mass is 10.2. The van der Waals surface area contributed by atoms with Crippen molar-refractivity contribution in [3.63, 3.8) is 0 Å². The third-order valence-electron chi connectivity index (χ3n) is 3.17. The van der Waals surface area contributed by atoms with Crippen LogP contribution in [0, 0.1) is 11.8 Å². The van der Waals surface area contributed by atoms with Gasteiger partial charge in [-0.2, -0.15) is 0 Å². The maximum atomic E-state index is 11.8. The van der Waals surface area contributed by atoms with E-state index in [2.05, 4.69) is 10.6 Å². The molecule has 1 fully saturated rings. The van der Waals surface area contributed by atoms with Gasteiger partial charge in [0.2, 0.25) is 5.91 Å². The normalized spacial score (nSPS) is 20.1. The van der Waals surface area contributed by atoms with Crippen molar-refractivity contribution < 1.29 is 19.5 Å². The zero-order valence-electron chi connectivity index (χ0n) is 11.1. The van der Waals surface area contributed by atoms with Crippen molar-refractivity contribution in [1.29, 1.82) is 0 Å². The third kappa shape index (κ3) is 3.14. The molecule has 20 heavy (non-hydrogen) atoms. The SMILES string of the molecule is CCNC(=O)c1cccc(NC(=O)C2CC2C(=O)O)c1. The first-order chi connectivity index (χ1) is 9.52. The summed E-state index contributed by atoms with van der Waals surface area (Å²) in [6.45, 7) is 2.35. The average molecular weight is 276 g/mol. The van der Waals surface area contributed by atoms with Crippen LogP contribution in [0.1, 0.15) is 23.7 Å². The molecule has 3 N–H and O–H groups in total. The fraction of sp³-hybridized carbons (Fsp3) is 0.357. The molecule has 0 bridgehead atoms. The van der Waals surface area contributed by atoms with Crippen LogP contribution < -0.4 is 10.6 Å². The van der Waals surface area contributed by atoms with Crippen LogP contribution in [0.25, 0.3) is 0 Å². The monoisotopic (exact) mass is 276 g/mol. The van der Waals surface area contributed by atoms with Crippen molar-refractivity contribution in [1.82, 2.24) is 5.32 Å². The fourth-order valence-electron chi connectivity index (χ4n) is 1.99. The number of hydrogen-bond acceptors (Lipinski definition) is 3. The molecule has 0 spiro atoms. The van der Waals surface area contributed by atoms with Gasteiger partial charge in [0.25, 0.3) is 5.91 Å². The van der Waals surface area contributed by atoms with Gasteiger partial charge in [-0.05, 0) is 31.5 Å². The Balaban J connectivity index is 2.00. The van der Waals surface area contributed by atoms with Crippen molar-refractivity contribution in [3.8, 4) is 0 Å². The first kappa shape index (κ1) is 14.0. The minimum absolute atomic E-state index is 0.210. The second-order valence-electron chi connectivity index (χ2n) is 4.72. The van der Waals surface area contributed by atoms with E-state index < -0.39 is 17.8 Å². The van der Waals surface area contributed by atoms with Crippen LogP contribution in [-0.4, -0.2) is 29.4 Å². The van der Waals surface area contributed by atoms with Crippen LogP contribution in [0.4, 0.5) is 5.69 Å². The molecule has 1 aromatic rings. The number of carboxylic acid groups (broad SMARTS) is 1. The Hall–Kier alpha value is -2.37. The number of amides is 2. The number of rotatable bonds is 5. The number of nitrogens with one attached hydrogen (secondary N) is 2. The molecule has 1 aromatic carbocycles. The van der Waals surface area contributed by atoms with Crippen LogP contribution in [-0.2, 0) is 9.59 Å². The Labute approximate surface area is 116 Å². The second kappa shape index (κ2) is 5.73. The van der Waals surface area contributed by atoms with Gasteiger partial charge in [-0.1, -0.05) is 6.07 Å². The van der Waals surface area contributed by atoms with Crippen molar-refractivity contribution in [2.75, 3.05) is 11.9 Å².